The van der Waals surface area contributed by atoms with Gasteiger partial charge in [0.1, 0.15) is 0 Å². The normalized spacial score (nSPS) is 12.2. The molecule has 0 nitrogen and oxygen atoms in total. The summed E-state index contributed by atoms with van der Waals surface area (Å²) in [5, 5.41) is 3.06. The third-order valence-electron chi connectivity index (χ3n) is 1.85. The Morgan fingerprint density at radius 2 is 1.33 bits per heavy atom. The SMILES string of the molecule is ClC[SiH2]c1ccccc1[SiH2]CCl. The first-order valence-corrected chi connectivity index (χ1v) is 8.55. The van der Waals surface area contributed by atoms with E-state index in [-0.39, 0.29) is 19.0 Å². The maximum atomic E-state index is 5.75. The second kappa shape index (κ2) is 5.81. The van der Waals surface area contributed by atoms with Crippen molar-refractivity contribution in [2.45, 2.75) is 0 Å². The van der Waals surface area contributed by atoms with Crippen molar-refractivity contribution in [1.82, 2.24) is 0 Å². The fourth-order valence-electron chi connectivity index (χ4n) is 1.25. The predicted octanol–water partition coefficient (Wildman–Crippen LogP) is -0.333. The van der Waals surface area contributed by atoms with Crippen LogP contribution in [0, 0.1) is 0 Å². The van der Waals surface area contributed by atoms with Crippen LogP contribution in [-0.4, -0.2) is 30.0 Å². The van der Waals surface area contributed by atoms with Gasteiger partial charge in [0.15, 0.2) is 0 Å². The lowest BCUT2D eigenvalue weighted by Crippen LogP contribution is -2.37. The van der Waals surface area contributed by atoms with Gasteiger partial charge in [-0.3, -0.25) is 0 Å². The summed E-state index contributed by atoms with van der Waals surface area (Å²) in [7, 11) is -0.417. The molecule has 0 saturated carbocycles. The summed E-state index contributed by atoms with van der Waals surface area (Å²) < 4.78 is 0. The lowest BCUT2D eigenvalue weighted by atomic mass is 10.4. The van der Waals surface area contributed by atoms with E-state index < -0.39 is 0 Å². The maximum absolute atomic E-state index is 5.75. The minimum absolute atomic E-state index is 0.209. The zero-order valence-corrected chi connectivity index (χ0v) is 11.2. The van der Waals surface area contributed by atoms with E-state index >= 15 is 0 Å². The van der Waals surface area contributed by atoms with Gasteiger partial charge in [0, 0.05) is 11.0 Å². The Bertz CT molecular complexity index is 215. The summed E-state index contributed by atoms with van der Waals surface area (Å²) in [5.74, 6) is 0. The van der Waals surface area contributed by atoms with Crippen molar-refractivity contribution < 1.29 is 0 Å². The highest BCUT2D eigenvalue weighted by Crippen LogP contribution is 1.82. The third-order valence-corrected chi connectivity index (χ3v) is 6.31. The Balaban J connectivity index is 2.77. The molecule has 0 heterocycles. The minimum Gasteiger partial charge on any atom is -0.130 e. The standard InChI is InChI=1S/C8H12Cl2Si2/c9-5-11-7-3-1-2-4-8(7)12-6-10/h1-4H,5-6,11-12H2. The molecule has 0 N–H and O–H groups in total. The molecule has 1 aromatic rings. The first-order valence-electron chi connectivity index (χ1n) is 4.07. The molecule has 0 radical (unpaired) electrons. The lowest BCUT2D eigenvalue weighted by Gasteiger charge is -2.04. The first kappa shape index (κ1) is 10.3. The molecular weight excluding hydrogens is 223 g/mol. The molecule has 0 saturated heterocycles. The molecule has 0 unspecified atom stereocenters. The fourth-order valence-corrected chi connectivity index (χ4v) is 5.42. The zero-order chi connectivity index (χ0) is 8.81. The predicted molar refractivity (Wildman–Crippen MR) is 64.2 cm³/mol. The number of benzene rings is 1. The van der Waals surface area contributed by atoms with Crippen LogP contribution in [0.5, 0.6) is 0 Å². The topological polar surface area (TPSA) is 0 Å². The molecule has 0 fully saturated rings. The van der Waals surface area contributed by atoms with E-state index in [0.717, 1.165) is 11.0 Å². The smallest absolute Gasteiger partial charge is 0.0712 e. The maximum Gasteiger partial charge on any atom is 0.0712 e. The van der Waals surface area contributed by atoms with Crippen LogP contribution in [-0.2, 0) is 0 Å². The second-order valence-corrected chi connectivity index (χ2v) is 8.19. The van der Waals surface area contributed by atoms with E-state index in [1.807, 2.05) is 0 Å². The van der Waals surface area contributed by atoms with Crippen molar-refractivity contribution in [2.75, 3.05) is 11.0 Å². The molecule has 1 rings (SSSR count). The van der Waals surface area contributed by atoms with E-state index in [4.69, 9.17) is 23.2 Å². The molecule has 4 heteroatoms. The monoisotopic (exact) mass is 234 g/mol. The molecular formula is C8H12Cl2Si2. The molecule has 66 valence electrons. The van der Waals surface area contributed by atoms with Gasteiger partial charge in [0.05, 0.1) is 19.0 Å². The van der Waals surface area contributed by atoms with Crippen LogP contribution in [0.2, 0.25) is 0 Å². The molecule has 0 aliphatic heterocycles. The van der Waals surface area contributed by atoms with Crippen LogP contribution in [0.3, 0.4) is 0 Å². The highest BCUT2D eigenvalue weighted by atomic mass is 35.5. The van der Waals surface area contributed by atoms with E-state index in [0.29, 0.717) is 0 Å². The summed E-state index contributed by atoms with van der Waals surface area (Å²) in [4.78, 5) is 0. The molecule has 0 amide bonds. The third kappa shape index (κ3) is 2.94. The van der Waals surface area contributed by atoms with Crippen LogP contribution < -0.4 is 10.4 Å². The quantitative estimate of drug-likeness (QED) is 0.495. The largest absolute Gasteiger partial charge is 0.130 e. The zero-order valence-electron chi connectivity index (χ0n) is 6.89. The summed E-state index contributed by atoms with van der Waals surface area (Å²) >= 11 is 11.5. The van der Waals surface area contributed by atoms with Crippen molar-refractivity contribution in [3.8, 4) is 0 Å². The molecule has 1 aromatic carbocycles. The number of hydrogen-bond acceptors (Lipinski definition) is 0. The van der Waals surface area contributed by atoms with Gasteiger partial charge in [-0.1, -0.05) is 34.6 Å². The van der Waals surface area contributed by atoms with Gasteiger partial charge < -0.3 is 0 Å². The van der Waals surface area contributed by atoms with E-state index in [2.05, 4.69) is 24.3 Å². The van der Waals surface area contributed by atoms with Gasteiger partial charge in [-0.25, -0.2) is 0 Å². The van der Waals surface area contributed by atoms with E-state index in [9.17, 15) is 0 Å². The average molecular weight is 235 g/mol. The Morgan fingerprint density at radius 1 is 0.917 bits per heavy atom. The minimum atomic E-state index is -0.209. The van der Waals surface area contributed by atoms with Gasteiger partial charge in [-0.15, -0.1) is 23.2 Å². The van der Waals surface area contributed by atoms with E-state index in [1.54, 1.807) is 0 Å². The Labute approximate surface area is 87.9 Å². The van der Waals surface area contributed by atoms with Crippen molar-refractivity contribution in [1.29, 1.82) is 0 Å². The fraction of sp³-hybridized carbons (Fsp3) is 0.250. The number of hydrogen-bond donors (Lipinski definition) is 0. The van der Waals surface area contributed by atoms with Gasteiger partial charge in [-0.05, 0) is 0 Å². The molecule has 12 heavy (non-hydrogen) atoms. The van der Waals surface area contributed by atoms with Crippen LogP contribution in [0.25, 0.3) is 0 Å². The van der Waals surface area contributed by atoms with Gasteiger partial charge in [0.25, 0.3) is 0 Å². The van der Waals surface area contributed by atoms with Crippen molar-refractivity contribution >= 4 is 52.6 Å². The summed E-state index contributed by atoms with van der Waals surface area (Å²) in [6, 6.07) is 8.62. The van der Waals surface area contributed by atoms with Crippen LogP contribution in [0.4, 0.5) is 0 Å². The summed E-state index contributed by atoms with van der Waals surface area (Å²) in [5.41, 5.74) is 1.68. The van der Waals surface area contributed by atoms with Crippen molar-refractivity contribution in [2.24, 2.45) is 0 Å². The number of rotatable bonds is 4. The molecule has 0 spiro atoms. The Morgan fingerprint density at radius 3 is 1.67 bits per heavy atom. The van der Waals surface area contributed by atoms with Crippen molar-refractivity contribution in [3.63, 3.8) is 0 Å². The van der Waals surface area contributed by atoms with Gasteiger partial charge in [0.2, 0.25) is 0 Å². The second-order valence-electron chi connectivity index (χ2n) is 2.65. The highest BCUT2D eigenvalue weighted by molar-refractivity contribution is 6.72. The van der Waals surface area contributed by atoms with Gasteiger partial charge >= 0.3 is 0 Å². The Kier molecular flexibility index (Phi) is 4.99. The van der Waals surface area contributed by atoms with Crippen LogP contribution in [0.1, 0.15) is 0 Å². The van der Waals surface area contributed by atoms with Crippen LogP contribution in [0.15, 0.2) is 24.3 Å². The highest BCUT2D eigenvalue weighted by Gasteiger charge is 2.00. The molecule has 0 aliphatic rings. The van der Waals surface area contributed by atoms with Crippen molar-refractivity contribution in [3.05, 3.63) is 24.3 Å². The number of alkyl halides is 2. The van der Waals surface area contributed by atoms with E-state index in [1.165, 1.54) is 10.4 Å². The van der Waals surface area contributed by atoms with Crippen LogP contribution >= 0.6 is 23.2 Å². The molecule has 0 aliphatic carbocycles. The number of halogens is 2. The summed E-state index contributed by atoms with van der Waals surface area (Å²) in [6.45, 7) is 0. The summed E-state index contributed by atoms with van der Waals surface area (Å²) in [6.07, 6.45) is 0. The molecule has 0 bridgehead atoms. The molecule has 0 atom stereocenters. The molecule has 0 aromatic heterocycles. The van der Waals surface area contributed by atoms with Gasteiger partial charge in [-0.2, -0.15) is 0 Å². The Hall–Kier alpha value is 0.234. The first-order chi connectivity index (χ1) is 5.88. The lowest BCUT2D eigenvalue weighted by molar-refractivity contribution is 1.80. The average Bonchev–Trinajstić information content (AvgIpc) is 2.09.